The molecule has 0 aromatic carbocycles. The Bertz CT molecular complexity index is 178. The van der Waals surface area contributed by atoms with Crippen molar-refractivity contribution < 1.29 is 9.90 Å². The van der Waals surface area contributed by atoms with Gasteiger partial charge < -0.3 is 9.90 Å². The summed E-state index contributed by atoms with van der Waals surface area (Å²) in [6.45, 7) is 5.85. The number of carbonyl (C=O) groups excluding carboxylic acids is 1. The van der Waals surface area contributed by atoms with Gasteiger partial charge in [-0.2, -0.15) is 0 Å². The Morgan fingerprint density at radius 3 is 2.45 bits per heavy atom. The minimum Gasteiger partial charge on any atom is -0.386 e. The van der Waals surface area contributed by atoms with Gasteiger partial charge in [0.2, 0.25) is 0 Å². The van der Waals surface area contributed by atoms with Gasteiger partial charge in [0.05, 0.1) is 5.60 Å². The van der Waals surface area contributed by atoms with Gasteiger partial charge in [-0.1, -0.05) is 23.8 Å². The second-order valence-corrected chi connectivity index (χ2v) is 2.91. The van der Waals surface area contributed by atoms with Crippen LogP contribution in [-0.2, 0) is 4.79 Å². The van der Waals surface area contributed by atoms with Gasteiger partial charge in [-0.05, 0) is 13.8 Å². The molecule has 0 heterocycles. The van der Waals surface area contributed by atoms with E-state index in [0.717, 1.165) is 6.42 Å². The first-order valence-electron chi connectivity index (χ1n) is 3.46. The molecule has 1 rings (SSSR count). The van der Waals surface area contributed by atoms with Crippen LogP contribution < -0.4 is 0 Å². The fraction of sp³-hybridized carbons (Fsp3) is 0.444. The number of aliphatic hydroxyl groups is 1. The molecule has 1 atom stereocenters. The topological polar surface area (TPSA) is 37.3 Å². The van der Waals surface area contributed by atoms with Crippen LogP contribution in [0.5, 0.6) is 0 Å². The van der Waals surface area contributed by atoms with E-state index in [9.17, 15) is 5.11 Å². The fourth-order valence-electron chi connectivity index (χ4n) is 1.10. The molecule has 2 nitrogen and oxygen atoms in total. The molecule has 62 valence electrons. The normalized spacial score (nSPS) is 28.5. The molecule has 0 bridgehead atoms. The zero-order valence-electron chi connectivity index (χ0n) is 7.00. The Morgan fingerprint density at radius 2 is 2.18 bits per heavy atom. The molecule has 1 aliphatic carbocycles. The molecule has 0 saturated heterocycles. The Morgan fingerprint density at radius 1 is 1.64 bits per heavy atom. The minimum atomic E-state index is -0.598. The van der Waals surface area contributed by atoms with Gasteiger partial charge >= 0.3 is 0 Å². The van der Waals surface area contributed by atoms with Crippen molar-refractivity contribution in [1.29, 1.82) is 0 Å². The SMILES string of the molecule is C=O.CC1=CC=CC(C)(O)C1. The highest BCUT2D eigenvalue weighted by Crippen LogP contribution is 2.21. The summed E-state index contributed by atoms with van der Waals surface area (Å²) < 4.78 is 0. The number of carbonyl (C=O) groups is 1. The second kappa shape index (κ2) is 4.09. The largest absolute Gasteiger partial charge is 0.386 e. The molecule has 11 heavy (non-hydrogen) atoms. The van der Waals surface area contributed by atoms with Crippen LogP contribution in [0.3, 0.4) is 0 Å². The molecule has 0 amide bonds. The maximum atomic E-state index is 9.42. The van der Waals surface area contributed by atoms with Gasteiger partial charge in [0, 0.05) is 6.42 Å². The van der Waals surface area contributed by atoms with E-state index in [1.54, 1.807) is 0 Å². The van der Waals surface area contributed by atoms with Crippen molar-refractivity contribution in [2.75, 3.05) is 0 Å². The van der Waals surface area contributed by atoms with E-state index in [0.29, 0.717) is 0 Å². The van der Waals surface area contributed by atoms with Crippen molar-refractivity contribution in [3.63, 3.8) is 0 Å². The lowest BCUT2D eigenvalue weighted by atomic mass is 9.93. The van der Waals surface area contributed by atoms with Crippen molar-refractivity contribution in [2.24, 2.45) is 0 Å². The van der Waals surface area contributed by atoms with Crippen molar-refractivity contribution in [2.45, 2.75) is 25.9 Å². The standard InChI is InChI=1S/C8H12O.CH2O/c1-7-4-3-5-8(2,9)6-7;1-2/h3-5,9H,6H2,1-2H3;1H2. The first-order chi connectivity index (χ1) is 5.10. The molecule has 0 aliphatic heterocycles. The molecular weight excluding hydrogens is 140 g/mol. The molecule has 0 radical (unpaired) electrons. The first-order valence-corrected chi connectivity index (χ1v) is 3.46. The van der Waals surface area contributed by atoms with Gasteiger partial charge in [0.25, 0.3) is 0 Å². The monoisotopic (exact) mass is 154 g/mol. The summed E-state index contributed by atoms with van der Waals surface area (Å²) in [7, 11) is 0. The molecule has 0 saturated carbocycles. The lowest BCUT2D eigenvalue weighted by Gasteiger charge is -2.21. The van der Waals surface area contributed by atoms with Crippen LogP contribution in [0.15, 0.2) is 23.8 Å². The summed E-state index contributed by atoms with van der Waals surface area (Å²) in [6.07, 6.45) is 6.51. The molecular formula is C9H14O2. The van der Waals surface area contributed by atoms with Crippen molar-refractivity contribution in [3.8, 4) is 0 Å². The average Bonchev–Trinajstić information content (AvgIpc) is 1.89. The molecule has 1 N–H and O–H groups in total. The van der Waals surface area contributed by atoms with Crippen LogP contribution in [0.4, 0.5) is 0 Å². The fourth-order valence-corrected chi connectivity index (χ4v) is 1.10. The van der Waals surface area contributed by atoms with Crippen LogP contribution >= 0.6 is 0 Å². The van der Waals surface area contributed by atoms with Crippen LogP contribution in [0.25, 0.3) is 0 Å². The maximum absolute atomic E-state index is 9.42. The zero-order valence-corrected chi connectivity index (χ0v) is 7.00. The number of allylic oxidation sites excluding steroid dienone is 2. The predicted molar refractivity (Wildman–Crippen MR) is 45.3 cm³/mol. The molecule has 0 fully saturated rings. The van der Waals surface area contributed by atoms with E-state index >= 15 is 0 Å². The van der Waals surface area contributed by atoms with E-state index in [1.807, 2.05) is 38.9 Å². The smallest absolute Gasteiger partial charge is 0.106 e. The summed E-state index contributed by atoms with van der Waals surface area (Å²) in [5.74, 6) is 0. The van der Waals surface area contributed by atoms with Gasteiger partial charge in [-0.3, -0.25) is 0 Å². The Labute approximate surface area is 67.2 Å². The summed E-state index contributed by atoms with van der Waals surface area (Å²) in [5.41, 5.74) is 0.640. The summed E-state index contributed by atoms with van der Waals surface area (Å²) >= 11 is 0. The van der Waals surface area contributed by atoms with Gasteiger partial charge in [-0.25, -0.2) is 0 Å². The molecule has 0 spiro atoms. The number of hydrogen-bond acceptors (Lipinski definition) is 2. The molecule has 1 unspecified atom stereocenters. The minimum absolute atomic E-state index is 0.598. The number of hydrogen-bond donors (Lipinski definition) is 1. The van der Waals surface area contributed by atoms with Crippen molar-refractivity contribution in [1.82, 2.24) is 0 Å². The van der Waals surface area contributed by atoms with Gasteiger partial charge in [0.1, 0.15) is 6.79 Å². The van der Waals surface area contributed by atoms with Crippen LogP contribution in [0.2, 0.25) is 0 Å². The lowest BCUT2D eigenvalue weighted by Crippen LogP contribution is -2.22. The summed E-state index contributed by atoms with van der Waals surface area (Å²) in [4.78, 5) is 8.00. The average molecular weight is 154 g/mol. The van der Waals surface area contributed by atoms with E-state index in [2.05, 4.69) is 0 Å². The first kappa shape index (κ1) is 10.1. The lowest BCUT2D eigenvalue weighted by molar-refractivity contribution is -0.0979. The van der Waals surface area contributed by atoms with E-state index in [-0.39, 0.29) is 0 Å². The summed E-state index contributed by atoms with van der Waals surface area (Å²) in [6, 6.07) is 0. The third-order valence-corrected chi connectivity index (χ3v) is 1.47. The van der Waals surface area contributed by atoms with E-state index in [4.69, 9.17) is 4.79 Å². The molecule has 0 aromatic rings. The van der Waals surface area contributed by atoms with Crippen LogP contribution in [-0.4, -0.2) is 17.5 Å². The van der Waals surface area contributed by atoms with Crippen molar-refractivity contribution >= 4 is 6.79 Å². The van der Waals surface area contributed by atoms with Crippen molar-refractivity contribution in [3.05, 3.63) is 23.8 Å². The molecule has 2 heteroatoms. The Hall–Kier alpha value is -0.890. The Kier molecular flexibility index (Phi) is 3.76. The number of rotatable bonds is 0. The van der Waals surface area contributed by atoms with Gasteiger partial charge in [-0.15, -0.1) is 0 Å². The van der Waals surface area contributed by atoms with Crippen LogP contribution in [0, 0.1) is 0 Å². The highest BCUT2D eigenvalue weighted by atomic mass is 16.3. The maximum Gasteiger partial charge on any atom is 0.106 e. The van der Waals surface area contributed by atoms with E-state index in [1.165, 1.54) is 5.57 Å². The highest BCUT2D eigenvalue weighted by Gasteiger charge is 2.17. The third kappa shape index (κ3) is 3.73. The van der Waals surface area contributed by atoms with Crippen LogP contribution in [0.1, 0.15) is 20.3 Å². The quantitative estimate of drug-likeness (QED) is 0.573. The van der Waals surface area contributed by atoms with Gasteiger partial charge in [0.15, 0.2) is 0 Å². The second-order valence-electron chi connectivity index (χ2n) is 2.91. The highest BCUT2D eigenvalue weighted by molar-refractivity contribution is 5.22. The predicted octanol–water partition coefficient (Wildman–Crippen LogP) is 1.46. The Balaban J connectivity index is 0.000000461. The third-order valence-electron chi connectivity index (χ3n) is 1.47. The summed E-state index contributed by atoms with van der Waals surface area (Å²) in [5, 5.41) is 9.42. The van der Waals surface area contributed by atoms with E-state index < -0.39 is 5.60 Å². The molecule has 0 aromatic heterocycles. The zero-order chi connectivity index (χ0) is 8.91. The molecule has 1 aliphatic rings.